The van der Waals surface area contributed by atoms with E-state index in [4.69, 9.17) is 5.11 Å². The lowest BCUT2D eigenvalue weighted by atomic mass is 10.0. The third kappa shape index (κ3) is 13.0. The second kappa shape index (κ2) is 15.1. The summed E-state index contributed by atoms with van der Waals surface area (Å²) < 4.78 is 0. The Bertz CT molecular complexity index is 370. The van der Waals surface area contributed by atoms with Crippen molar-refractivity contribution in [3.8, 4) is 0 Å². The van der Waals surface area contributed by atoms with Gasteiger partial charge in [0.1, 0.15) is 6.10 Å². The van der Waals surface area contributed by atoms with Crippen LogP contribution in [0.2, 0.25) is 0 Å². The fourth-order valence-electron chi connectivity index (χ4n) is 2.60. The molecule has 140 valence electrons. The van der Waals surface area contributed by atoms with E-state index in [1.165, 1.54) is 0 Å². The number of rotatable bonds is 16. The Labute approximate surface area is 145 Å². The van der Waals surface area contributed by atoms with Gasteiger partial charge in [0, 0.05) is 17.8 Å². The lowest BCUT2D eigenvalue weighted by Crippen LogP contribution is -2.33. The van der Waals surface area contributed by atoms with Crippen LogP contribution in [0.25, 0.3) is 0 Å². The molecule has 6 heteroatoms. The van der Waals surface area contributed by atoms with Gasteiger partial charge in [0.2, 0.25) is 6.04 Å². The molecule has 0 aliphatic rings. The van der Waals surface area contributed by atoms with Crippen molar-refractivity contribution in [1.29, 1.82) is 0 Å². The van der Waals surface area contributed by atoms with Crippen LogP contribution in [0.1, 0.15) is 84.0 Å². The van der Waals surface area contributed by atoms with Crippen molar-refractivity contribution < 1.29 is 19.9 Å². The zero-order valence-electron chi connectivity index (χ0n) is 14.9. The van der Waals surface area contributed by atoms with Crippen LogP contribution in [-0.2, 0) is 4.79 Å². The Morgan fingerprint density at radius 3 is 2.38 bits per heavy atom. The molecule has 0 aromatic carbocycles. The molecule has 0 bridgehead atoms. The Morgan fingerprint density at radius 1 is 1.08 bits per heavy atom. The summed E-state index contributed by atoms with van der Waals surface area (Å²) >= 11 is 0. The molecule has 0 saturated carbocycles. The molecule has 0 aromatic rings. The Hall–Kier alpha value is -1.43. The number of aliphatic hydroxyl groups is 1. The highest BCUT2D eigenvalue weighted by Crippen LogP contribution is 2.14. The minimum Gasteiger partial charge on any atom is -0.481 e. The van der Waals surface area contributed by atoms with E-state index in [1.807, 2.05) is 12.2 Å². The molecule has 0 amide bonds. The molecule has 0 spiro atoms. The SMILES string of the molecule is CCCCCC=CCC(C(O)CCCCCCCC(=O)O)[N+](=O)[O-]. The number of aliphatic carboxylic acids is 1. The molecule has 0 saturated heterocycles. The zero-order chi connectivity index (χ0) is 18.2. The fourth-order valence-corrected chi connectivity index (χ4v) is 2.60. The number of nitrogens with zero attached hydrogens (tertiary/aromatic N) is 1. The predicted molar refractivity (Wildman–Crippen MR) is 94.6 cm³/mol. The van der Waals surface area contributed by atoms with Gasteiger partial charge in [0.25, 0.3) is 0 Å². The van der Waals surface area contributed by atoms with Crippen molar-refractivity contribution >= 4 is 5.97 Å². The first-order valence-electron chi connectivity index (χ1n) is 9.17. The molecule has 0 radical (unpaired) electrons. The molecular weight excluding hydrogens is 310 g/mol. The number of allylic oxidation sites excluding steroid dienone is 1. The van der Waals surface area contributed by atoms with E-state index >= 15 is 0 Å². The van der Waals surface area contributed by atoms with Crippen molar-refractivity contribution in [1.82, 2.24) is 0 Å². The first-order chi connectivity index (χ1) is 11.5. The van der Waals surface area contributed by atoms with E-state index in [0.717, 1.165) is 51.4 Å². The van der Waals surface area contributed by atoms with Gasteiger partial charge in [0.05, 0.1) is 0 Å². The van der Waals surface area contributed by atoms with E-state index in [-0.39, 0.29) is 17.8 Å². The summed E-state index contributed by atoms with van der Waals surface area (Å²) in [6.45, 7) is 2.13. The molecule has 6 nitrogen and oxygen atoms in total. The summed E-state index contributed by atoms with van der Waals surface area (Å²) in [5.74, 6) is -0.776. The van der Waals surface area contributed by atoms with Crippen LogP contribution < -0.4 is 0 Å². The number of hydrogen-bond acceptors (Lipinski definition) is 4. The molecule has 2 atom stereocenters. The molecule has 0 rings (SSSR count). The quantitative estimate of drug-likeness (QED) is 0.188. The van der Waals surface area contributed by atoms with Crippen LogP contribution in [0.5, 0.6) is 0 Å². The number of nitro groups is 1. The van der Waals surface area contributed by atoms with Crippen LogP contribution in [0.15, 0.2) is 12.2 Å². The van der Waals surface area contributed by atoms with Crippen LogP contribution in [-0.4, -0.2) is 33.3 Å². The molecule has 2 N–H and O–H groups in total. The van der Waals surface area contributed by atoms with E-state index in [1.54, 1.807) is 0 Å². The topological polar surface area (TPSA) is 101 Å². The summed E-state index contributed by atoms with van der Waals surface area (Å²) in [6, 6.07) is -0.931. The number of unbranched alkanes of at least 4 members (excludes halogenated alkanes) is 7. The first-order valence-corrected chi connectivity index (χ1v) is 9.17. The third-order valence-electron chi connectivity index (χ3n) is 4.12. The minimum atomic E-state index is -0.931. The van der Waals surface area contributed by atoms with E-state index in [0.29, 0.717) is 12.8 Å². The predicted octanol–water partition coefficient (Wildman–Crippen LogP) is 4.33. The van der Waals surface area contributed by atoms with Gasteiger partial charge in [-0.2, -0.15) is 0 Å². The number of aliphatic hydroxyl groups excluding tert-OH is 1. The summed E-state index contributed by atoms with van der Waals surface area (Å²) in [6.07, 6.45) is 12.1. The fraction of sp³-hybridized carbons (Fsp3) is 0.833. The van der Waals surface area contributed by atoms with Crippen LogP contribution in [0.4, 0.5) is 0 Å². The van der Waals surface area contributed by atoms with Crippen LogP contribution in [0, 0.1) is 10.1 Å². The summed E-state index contributed by atoms with van der Waals surface area (Å²) in [7, 11) is 0. The van der Waals surface area contributed by atoms with E-state index < -0.39 is 18.1 Å². The monoisotopic (exact) mass is 343 g/mol. The average Bonchev–Trinajstić information content (AvgIpc) is 2.52. The van der Waals surface area contributed by atoms with Gasteiger partial charge in [-0.1, -0.05) is 57.6 Å². The Kier molecular flexibility index (Phi) is 14.2. The highest BCUT2D eigenvalue weighted by atomic mass is 16.6. The zero-order valence-corrected chi connectivity index (χ0v) is 14.9. The summed E-state index contributed by atoms with van der Waals surface area (Å²) in [5, 5.41) is 29.7. The summed E-state index contributed by atoms with van der Waals surface area (Å²) in [4.78, 5) is 21.1. The van der Waals surface area contributed by atoms with Gasteiger partial charge in [-0.3, -0.25) is 14.9 Å². The highest BCUT2D eigenvalue weighted by molar-refractivity contribution is 5.66. The maximum absolute atomic E-state index is 11.1. The van der Waals surface area contributed by atoms with Crippen molar-refractivity contribution in [3.63, 3.8) is 0 Å². The Balaban J connectivity index is 3.89. The number of carboxylic acids is 1. The number of carboxylic acid groups (broad SMARTS) is 1. The maximum Gasteiger partial charge on any atom is 0.303 e. The highest BCUT2D eigenvalue weighted by Gasteiger charge is 2.27. The van der Waals surface area contributed by atoms with Crippen molar-refractivity contribution in [2.75, 3.05) is 0 Å². The van der Waals surface area contributed by atoms with Gasteiger partial charge in [0.15, 0.2) is 0 Å². The van der Waals surface area contributed by atoms with Gasteiger partial charge in [-0.25, -0.2) is 0 Å². The van der Waals surface area contributed by atoms with Crippen LogP contribution in [0.3, 0.4) is 0 Å². The van der Waals surface area contributed by atoms with E-state index in [9.17, 15) is 20.0 Å². The molecular formula is C18H33NO5. The third-order valence-corrected chi connectivity index (χ3v) is 4.12. The smallest absolute Gasteiger partial charge is 0.303 e. The van der Waals surface area contributed by atoms with Gasteiger partial charge >= 0.3 is 5.97 Å². The van der Waals surface area contributed by atoms with Crippen molar-refractivity contribution in [3.05, 3.63) is 22.3 Å². The largest absolute Gasteiger partial charge is 0.481 e. The molecule has 0 aromatic heterocycles. The summed E-state index contributed by atoms with van der Waals surface area (Å²) in [5.41, 5.74) is 0. The van der Waals surface area contributed by atoms with Crippen LogP contribution >= 0.6 is 0 Å². The van der Waals surface area contributed by atoms with Crippen molar-refractivity contribution in [2.24, 2.45) is 0 Å². The second-order valence-electron chi connectivity index (χ2n) is 6.32. The first kappa shape index (κ1) is 22.6. The molecule has 0 heterocycles. The average molecular weight is 343 g/mol. The number of hydrogen-bond donors (Lipinski definition) is 2. The molecule has 0 fully saturated rings. The second-order valence-corrected chi connectivity index (χ2v) is 6.32. The Morgan fingerprint density at radius 2 is 1.75 bits per heavy atom. The molecule has 0 aliphatic heterocycles. The van der Waals surface area contributed by atoms with Gasteiger partial charge in [-0.05, 0) is 25.7 Å². The minimum absolute atomic E-state index is 0.191. The van der Waals surface area contributed by atoms with Gasteiger partial charge in [-0.15, -0.1) is 0 Å². The van der Waals surface area contributed by atoms with Crippen molar-refractivity contribution in [2.45, 2.75) is 96.1 Å². The maximum atomic E-state index is 11.1. The van der Waals surface area contributed by atoms with E-state index in [2.05, 4.69) is 6.92 Å². The lowest BCUT2D eigenvalue weighted by molar-refractivity contribution is -0.533. The number of carbonyl (C=O) groups is 1. The standard InChI is InChI=1S/C18H33NO5/c1-2-3-4-5-7-10-13-16(19(23)24)17(20)14-11-8-6-9-12-15-18(21)22/h7,10,16-17,20H,2-6,8-9,11-15H2,1H3,(H,21,22). The molecule has 2 unspecified atom stereocenters. The lowest BCUT2D eigenvalue weighted by Gasteiger charge is -2.14. The van der Waals surface area contributed by atoms with Gasteiger partial charge < -0.3 is 10.2 Å². The molecule has 24 heavy (non-hydrogen) atoms. The molecule has 0 aliphatic carbocycles. The normalized spacial score (nSPS) is 13.9.